The van der Waals surface area contributed by atoms with Gasteiger partial charge in [0.05, 0.1) is 18.8 Å². The highest BCUT2D eigenvalue weighted by atomic mass is 16.5. The van der Waals surface area contributed by atoms with E-state index in [9.17, 15) is 0 Å². The summed E-state index contributed by atoms with van der Waals surface area (Å²) >= 11 is 0. The van der Waals surface area contributed by atoms with Gasteiger partial charge in [-0.2, -0.15) is 0 Å². The van der Waals surface area contributed by atoms with Crippen LogP contribution in [-0.4, -0.2) is 57.6 Å². The zero-order chi connectivity index (χ0) is 14.8. The number of fused-ring (bicyclic) bond motifs is 1. The summed E-state index contributed by atoms with van der Waals surface area (Å²) in [6.45, 7) is 3.08. The summed E-state index contributed by atoms with van der Waals surface area (Å²) < 4.78 is 16.6. The minimum absolute atomic E-state index is 0.113. The van der Waals surface area contributed by atoms with Crippen LogP contribution in [0, 0.1) is 0 Å². The van der Waals surface area contributed by atoms with Gasteiger partial charge in [-0.3, -0.25) is 4.90 Å². The van der Waals surface area contributed by atoms with Crippen molar-refractivity contribution in [1.29, 1.82) is 0 Å². The Bertz CT molecular complexity index is 482. The van der Waals surface area contributed by atoms with E-state index in [0.29, 0.717) is 6.54 Å². The second-order valence-electron chi connectivity index (χ2n) is 5.72. The summed E-state index contributed by atoms with van der Waals surface area (Å²) in [5.41, 5.74) is 8.60. The number of hydrogen-bond donors (Lipinski definition) is 1. The van der Waals surface area contributed by atoms with Crippen LogP contribution in [0.25, 0.3) is 0 Å². The maximum Gasteiger partial charge on any atom is 0.122 e. The van der Waals surface area contributed by atoms with Crippen LogP contribution in [0.4, 0.5) is 0 Å². The number of methoxy groups -OCH3 is 2. The van der Waals surface area contributed by atoms with Gasteiger partial charge in [0.25, 0.3) is 0 Å². The Morgan fingerprint density at radius 3 is 2.62 bits per heavy atom. The van der Waals surface area contributed by atoms with Gasteiger partial charge in [0.2, 0.25) is 0 Å². The number of likely N-dealkylation sites (tertiary alicyclic amines) is 1. The van der Waals surface area contributed by atoms with Crippen molar-refractivity contribution >= 4 is 0 Å². The molecule has 0 aliphatic carbocycles. The van der Waals surface area contributed by atoms with Crippen LogP contribution in [0.2, 0.25) is 0 Å². The molecule has 0 bridgehead atoms. The van der Waals surface area contributed by atoms with E-state index in [0.717, 1.165) is 31.9 Å². The van der Waals surface area contributed by atoms with Gasteiger partial charge >= 0.3 is 0 Å². The van der Waals surface area contributed by atoms with Crippen molar-refractivity contribution in [2.24, 2.45) is 5.73 Å². The summed E-state index contributed by atoms with van der Waals surface area (Å²) in [4.78, 5) is 2.36. The molecule has 0 spiro atoms. The number of nitrogens with zero attached hydrogens (tertiary/aromatic N) is 1. The molecule has 0 aromatic heterocycles. The van der Waals surface area contributed by atoms with Crippen molar-refractivity contribution in [1.82, 2.24) is 4.90 Å². The van der Waals surface area contributed by atoms with E-state index in [2.05, 4.69) is 23.1 Å². The quantitative estimate of drug-likeness (QED) is 0.876. The Morgan fingerprint density at radius 2 is 2.00 bits per heavy atom. The first-order valence-corrected chi connectivity index (χ1v) is 7.52. The molecule has 3 rings (SSSR count). The van der Waals surface area contributed by atoms with Crippen molar-refractivity contribution in [2.75, 3.05) is 40.5 Å². The zero-order valence-corrected chi connectivity index (χ0v) is 12.7. The van der Waals surface area contributed by atoms with Gasteiger partial charge in [0.1, 0.15) is 5.75 Å². The van der Waals surface area contributed by atoms with Crippen LogP contribution >= 0.6 is 0 Å². The molecule has 3 atom stereocenters. The number of rotatable bonds is 5. The fraction of sp³-hybridized carbons (Fsp3) is 0.625. The molecule has 0 saturated carbocycles. The third-order valence-electron chi connectivity index (χ3n) is 4.61. The third kappa shape index (κ3) is 2.79. The number of nitrogens with two attached hydrogens (primary N) is 1. The lowest BCUT2D eigenvalue weighted by Crippen LogP contribution is -2.33. The molecule has 0 amide bonds. The average molecular weight is 292 g/mol. The van der Waals surface area contributed by atoms with Crippen LogP contribution in [0.15, 0.2) is 18.2 Å². The van der Waals surface area contributed by atoms with Crippen LogP contribution in [0.3, 0.4) is 0 Å². The van der Waals surface area contributed by atoms with Gasteiger partial charge in [-0.25, -0.2) is 0 Å². The van der Waals surface area contributed by atoms with Crippen molar-refractivity contribution < 1.29 is 14.2 Å². The van der Waals surface area contributed by atoms with E-state index in [-0.39, 0.29) is 18.2 Å². The van der Waals surface area contributed by atoms with Gasteiger partial charge in [-0.1, -0.05) is 12.1 Å². The molecule has 1 aromatic carbocycles. The molecule has 1 aromatic rings. The first kappa shape index (κ1) is 14.8. The fourth-order valence-corrected chi connectivity index (χ4v) is 3.39. The largest absolute Gasteiger partial charge is 0.493 e. The lowest BCUT2D eigenvalue weighted by Gasteiger charge is -2.27. The molecule has 116 valence electrons. The van der Waals surface area contributed by atoms with Gasteiger partial charge in [-0.15, -0.1) is 0 Å². The lowest BCUT2D eigenvalue weighted by molar-refractivity contribution is -0.00461. The lowest BCUT2D eigenvalue weighted by atomic mass is 10.0. The molecule has 3 unspecified atom stereocenters. The van der Waals surface area contributed by atoms with Crippen molar-refractivity contribution in [2.45, 2.75) is 24.7 Å². The van der Waals surface area contributed by atoms with Crippen molar-refractivity contribution in [3.05, 3.63) is 29.3 Å². The molecule has 5 heteroatoms. The molecular weight excluding hydrogens is 268 g/mol. The van der Waals surface area contributed by atoms with E-state index < -0.39 is 0 Å². The molecule has 21 heavy (non-hydrogen) atoms. The van der Waals surface area contributed by atoms with E-state index in [1.165, 1.54) is 11.1 Å². The van der Waals surface area contributed by atoms with Crippen molar-refractivity contribution in [3.63, 3.8) is 0 Å². The Kier molecular flexibility index (Phi) is 4.45. The summed E-state index contributed by atoms with van der Waals surface area (Å²) in [5.74, 6) is 1.01. The topological polar surface area (TPSA) is 57.0 Å². The summed E-state index contributed by atoms with van der Waals surface area (Å²) in [7, 11) is 3.48. The Morgan fingerprint density at radius 1 is 1.29 bits per heavy atom. The maximum absolute atomic E-state index is 6.05. The summed E-state index contributed by atoms with van der Waals surface area (Å²) in [6.07, 6.45) is 1.21. The molecule has 1 fully saturated rings. The van der Waals surface area contributed by atoms with Crippen LogP contribution in [0.1, 0.15) is 17.2 Å². The Labute approximate surface area is 126 Å². The van der Waals surface area contributed by atoms with E-state index in [4.69, 9.17) is 19.9 Å². The molecule has 1 saturated heterocycles. The minimum Gasteiger partial charge on any atom is -0.493 e. The van der Waals surface area contributed by atoms with Gasteiger partial charge < -0.3 is 19.9 Å². The SMILES string of the molecule is COC1CN(C(CN)c2ccc3c(c2)CCO3)CC1OC. The van der Waals surface area contributed by atoms with E-state index in [1.807, 2.05) is 0 Å². The summed E-state index contributed by atoms with van der Waals surface area (Å²) in [6, 6.07) is 6.64. The minimum atomic E-state index is 0.113. The predicted octanol–water partition coefficient (Wildman–Crippen LogP) is 0.967. The number of hydrogen-bond acceptors (Lipinski definition) is 5. The van der Waals surface area contributed by atoms with E-state index in [1.54, 1.807) is 14.2 Å². The third-order valence-corrected chi connectivity index (χ3v) is 4.61. The van der Waals surface area contributed by atoms with Crippen LogP contribution in [-0.2, 0) is 15.9 Å². The fourth-order valence-electron chi connectivity index (χ4n) is 3.39. The standard InChI is InChI=1S/C16H24N2O3/c1-19-15-9-18(10-16(15)20-2)13(8-17)11-3-4-14-12(7-11)5-6-21-14/h3-4,7,13,15-16H,5-6,8-10,17H2,1-2H3. The predicted molar refractivity (Wildman–Crippen MR) is 80.6 cm³/mol. The highest BCUT2D eigenvalue weighted by Crippen LogP contribution is 2.32. The number of benzene rings is 1. The molecule has 2 N–H and O–H groups in total. The first-order valence-electron chi connectivity index (χ1n) is 7.52. The highest BCUT2D eigenvalue weighted by Gasteiger charge is 2.36. The smallest absolute Gasteiger partial charge is 0.122 e. The Balaban J connectivity index is 1.79. The molecule has 2 aliphatic rings. The molecule has 0 radical (unpaired) electrons. The Hall–Kier alpha value is -1.14. The zero-order valence-electron chi connectivity index (χ0n) is 12.7. The normalized spacial score (nSPS) is 26.6. The number of ether oxygens (including phenoxy) is 3. The average Bonchev–Trinajstić information content (AvgIpc) is 3.13. The highest BCUT2D eigenvalue weighted by molar-refractivity contribution is 5.41. The molecule has 5 nitrogen and oxygen atoms in total. The molecule has 2 heterocycles. The second-order valence-corrected chi connectivity index (χ2v) is 5.72. The van der Waals surface area contributed by atoms with Gasteiger partial charge in [0.15, 0.2) is 0 Å². The van der Waals surface area contributed by atoms with Crippen molar-refractivity contribution in [3.8, 4) is 5.75 Å². The molecule has 2 aliphatic heterocycles. The van der Waals surface area contributed by atoms with Gasteiger partial charge in [-0.05, 0) is 17.2 Å². The monoisotopic (exact) mass is 292 g/mol. The van der Waals surface area contributed by atoms with Gasteiger partial charge in [0, 0.05) is 46.3 Å². The maximum atomic E-state index is 6.05. The second kappa shape index (κ2) is 6.32. The van der Waals surface area contributed by atoms with Crippen LogP contribution < -0.4 is 10.5 Å². The summed E-state index contributed by atoms with van der Waals surface area (Å²) in [5, 5.41) is 0. The van der Waals surface area contributed by atoms with Crippen LogP contribution in [0.5, 0.6) is 5.75 Å². The van der Waals surface area contributed by atoms with E-state index >= 15 is 0 Å². The molecular formula is C16H24N2O3. The first-order chi connectivity index (χ1) is 10.3.